The van der Waals surface area contributed by atoms with Crippen molar-refractivity contribution in [3.8, 4) is 5.75 Å². The van der Waals surface area contributed by atoms with Crippen molar-refractivity contribution in [2.45, 2.75) is 38.1 Å². The number of rotatable bonds is 8. The highest BCUT2D eigenvalue weighted by Crippen LogP contribution is 2.26. The minimum atomic E-state index is -1.16. The first-order valence-electron chi connectivity index (χ1n) is 13.1. The van der Waals surface area contributed by atoms with E-state index in [-0.39, 0.29) is 31.6 Å². The number of primary amides is 1. The Bertz CT molecular complexity index is 1650. The van der Waals surface area contributed by atoms with E-state index in [0.717, 1.165) is 16.7 Å². The Balaban J connectivity index is 1.38. The van der Waals surface area contributed by atoms with Gasteiger partial charge in [0.2, 0.25) is 11.8 Å². The van der Waals surface area contributed by atoms with Gasteiger partial charge in [-0.2, -0.15) is 0 Å². The molecule has 10 nitrogen and oxygen atoms in total. The minimum absolute atomic E-state index is 0.0461. The van der Waals surface area contributed by atoms with Crippen molar-refractivity contribution < 1.29 is 28.3 Å². The van der Waals surface area contributed by atoms with Gasteiger partial charge in [0.25, 0.3) is 0 Å². The predicted octanol–water partition coefficient (Wildman–Crippen LogP) is 3.08. The lowest BCUT2D eigenvalue weighted by molar-refractivity contribution is -0.131. The standard InChI is InChI=1S/C31H29N3O7/c1-39-23-11-12-24-22(15-28(35)41-27(24)16-23)13-25(29(32)36)33-30(37)26-14-20-9-5-6-10-21(20)17-34(26)31(38)40-18-19-7-3-2-4-8-19/h2-12,15-16,25-26H,13-14,17-18H2,1H3,(H2,32,36)(H,33,37)/t25-,26+/m1/s1. The van der Waals surface area contributed by atoms with Crippen LogP contribution in [0.3, 0.4) is 0 Å². The second-order valence-corrected chi connectivity index (χ2v) is 9.78. The maximum absolute atomic E-state index is 13.7. The zero-order valence-corrected chi connectivity index (χ0v) is 22.4. The molecule has 1 aliphatic rings. The van der Waals surface area contributed by atoms with E-state index in [1.54, 1.807) is 18.2 Å². The van der Waals surface area contributed by atoms with Gasteiger partial charge in [0, 0.05) is 30.4 Å². The molecule has 10 heteroatoms. The average molecular weight is 556 g/mol. The van der Waals surface area contributed by atoms with Crippen LogP contribution in [0, 0.1) is 0 Å². The number of hydrogen-bond acceptors (Lipinski definition) is 7. The van der Waals surface area contributed by atoms with Gasteiger partial charge in [-0.05, 0) is 34.4 Å². The van der Waals surface area contributed by atoms with Crippen LogP contribution >= 0.6 is 0 Å². The van der Waals surface area contributed by atoms with Crippen LogP contribution in [0.1, 0.15) is 22.3 Å². The summed E-state index contributed by atoms with van der Waals surface area (Å²) in [4.78, 5) is 53.0. The van der Waals surface area contributed by atoms with Crippen LogP contribution < -0.4 is 21.4 Å². The molecule has 5 rings (SSSR count). The van der Waals surface area contributed by atoms with E-state index in [1.165, 1.54) is 18.1 Å². The molecule has 1 aliphatic heterocycles. The van der Waals surface area contributed by atoms with Crippen LogP contribution in [0.15, 0.2) is 88.1 Å². The molecule has 210 valence electrons. The van der Waals surface area contributed by atoms with Crippen molar-refractivity contribution in [3.05, 3.63) is 112 Å². The van der Waals surface area contributed by atoms with Gasteiger partial charge in [-0.1, -0.05) is 54.6 Å². The smallest absolute Gasteiger partial charge is 0.411 e. The number of nitrogens with one attached hydrogen (secondary N) is 1. The molecule has 1 aromatic heterocycles. The number of nitrogens with zero attached hydrogens (tertiary/aromatic N) is 1. The second-order valence-electron chi connectivity index (χ2n) is 9.78. The Morgan fingerprint density at radius 3 is 2.49 bits per heavy atom. The highest BCUT2D eigenvalue weighted by molar-refractivity contribution is 5.92. The van der Waals surface area contributed by atoms with Gasteiger partial charge in [0.1, 0.15) is 30.0 Å². The molecule has 41 heavy (non-hydrogen) atoms. The molecule has 2 atom stereocenters. The zero-order valence-electron chi connectivity index (χ0n) is 22.4. The molecule has 3 amide bonds. The third kappa shape index (κ3) is 6.22. The number of carbonyl (C=O) groups excluding carboxylic acids is 3. The summed E-state index contributed by atoms with van der Waals surface area (Å²) >= 11 is 0. The van der Waals surface area contributed by atoms with Gasteiger partial charge < -0.3 is 24.9 Å². The Morgan fingerprint density at radius 1 is 1.02 bits per heavy atom. The summed E-state index contributed by atoms with van der Waals surface area (Å²) in [5.41, 5.74) is 8.44. The van der Waals surface area contributed by atoms with Crippen LogP contribution in [0.25, 0.3) is 11.0 Å². The number of amides is 3. The van der Waals surface area contributed by atoms with Crippen LogP contribution in [0.4, 0.5) is 4.79 Å². The van der Waals surface area contributed by atoms with Crippen LogP contribution in [0.5, 0.6) is 5.75 Å². The SMILES string of the molecule is COc1ccc2c(C[C@@H](NC(=O)[C@@H]3Cc4ccccc4CN3C(=O)OCc3ccccc3)C(N)=O)cc(=O)oc2c1. The predicted molar refractivity (Wildman–Crippen MR) is 150 cm³/mol. The lowest BCUT2D eigenvalue weighted by atomic mass is 9.93. The van der Waals surface area contributed by atoms with E-state index in [1.807, 2.05) is 54.6 Å². The van der Waals surface area contributed by atoms with Crippen molar-refractivity contribution >= 4 is 28.9 Å². The zero-order chi connectivity index (χ0) is 28.9. The third-order valence-corrected chi connectivity index (χ3v) is 7.11. The minimum Gasteiger partial charge on any atom is -0.497 e. The van der Waals surface area contributed by atoms with Crippen molar-refractivity contribution in [2.75, 3.05) is 7.11 Å². The number of ether oxygens (including phenoxy) is 2. The van der Waals surface area contributed by atoms with Gasteiger partial charge >= 0.3 is 11.7 Å². The van der Waals surface area contributed by atoms with E-state index < -0.39 is 35.6 Å². The summed E-state index contributed by atoms with van der Waals surface area (Å²) in [6, 6.07) is 20.9. The van der Waals surface area contributed by atoms with Crippen molar-refractivity contribution in [2.24, 2.45) is 5.73 Å². The topological polar surface area (TPSA) is 141 Å². The molecular weight excluding hydrogens is 526 g/mol. The lowest BCUT2D eigenvalue weighted by Crippen LogP contribution is -2.56. The normalized spacial score (nSPS) is 15.0. The number of nitrogens with two attached hydrogens (primary N) is 1. The molecule has 0 unspecified atom stereocenters. The fraction of sp³-hybridized carbons (Fsp3) is 0.226. The van der Waals surface area contributed by atoms with Crippen LogP contribution in [-0.2, 0) is 40.3 Å². The number of hydrogen-bond donors (Lipinski definition) is 2. The number of fused-ring (bicyclic) bond motifs is 2. The molecule has 0 spiro atoms. The quantitative estimate of drug-likeness (QED) is 0.318. The maximum Gasteiger partial charge on any atom is 0.411 e. The third-order valence-electron chi connectivity index (χ3n) is 7.11. The molecule has 4 aromatic rings. The molecule has 0 saturated carbocycles. The Morgan fingerprint density at radius 2 is 1.76 bits per heavy atom. The average Bonchev–Trinajstić information content (AvgIpc) is 2.98. The summed E-state index contributed by atoms with van der Waals surface area (Å²) in [7, 11) is 1.49. The van der Waals surface area contributed by atoms with Gasteiger partial charge in [-0.25, -0.2) is 9.59 Å². The lowest BCUT2D eigenvalue weighted by Gasteiger charge is -2.35. The summed E-state index contributed by atoms with van der Waals surface area (Å²) in [6.07, 6.45) is -0.484. The van der Waals surface area contributed by atoms with Crippen molar-refractivity contribution in [1.82, 2.24) is 10.2 Å². The largest absolute Gasteiger partial charge is 0.497 e. The van der Waals surface area contributed by atoms with Gasteiger partial charge in [-0.3, -0.25) is 14.5 Å². The molecule has 3 N–H and O–H groups in total. The van der Waals surface area contributed by atoms with E-state index in [4.69, 9.17) is 19.6 Å². The fourth-order valence-corrected chi connectivity index (χ4v) is 4.97. The van der Waals surface area contributed by atoms with Crippen LogP contribution in [0.2, 0.25) is 0 Å². The molecule has 0 aliphatic carbocycles. The van der Waals surface area contributed by atoms with Crippen molar-refractivity contribution in [3.63, 3.8) is 0 Å². The second kappa shape index (κ2) is 12.0. The summed E-state index contributed by atoms with van der Waals surface area (Å²) in [5, 5.41) is 3.28. The first kappa shape index (κ1) is 27.4. The van der Waals surface area contributed by atoms with Gasteiger partial charge in [0.15, 0.2) is 0 Å². The Labute approximate surface area is 235 Å². The van der Waals surface area contributed by atoms with E-state index in [9.17, 15) is 19.2 Å². The maximum atomic E-state index is 13.7. The summed E-state index contributed by atoms with van der Waals surface area (Å²) in [6.45, 7) is 0.208. The fourth-order valence-electron chi connectivity index (χ4n) is 4.97. The monoisotopic (exact) mass is 555 g/mol. The van der Waals surface area contributed by atoms with Gasteiger partial charge in [0.05, 0.1) is 13.7 Å². The Hall–Kier alpha value is -5.12. The van der Waals surface area contributed by atoms with Gasteiger partial charge in [-0.15, -0.1) is 0 Å². The van der Waals surface area contributed by atoms with E-state index >= 15 is 0 Å². The first-order chi connectivity index (χ1) is 19.8. The molecule has 0 saturated heterocycles. The number of carbonyl (C=O) groups is 3. The van der Waals surface area contributed by atoms with E-state index in [0.29, 0.717) is 16.7 Å². The molecular formula is C31H29N3O7. The molecule has 0 bridgehead atoms. The van der Waals surface area contributed by atoms with E-state index in [2.05, 4.69) is 5.32 Å². The molecule has 2 heterocycles. The number of benzene rings is 3. The highest BCUT2D eigenvalue weighted by Gasteiger charge is 2.37. The Kier molecular flexibility index (Phi) is 8.00. The van der Waals surface area contributed by atoms with Crippen LogP contribution in [-0.4, -0.2) is 42.0 Å². The van der Waals surface area contributed by atoms with Crippen molar-refractivity contribution in [1.29, 1.82) is 0 Å². The molecule has 0 radical (unpaired) electrons. The summed E-state index contributed by atoms with van der Waals surface area (Å²) in [5.74, 6) is -0.856. The first-order valence-corrected chi connectivity index (χ1v) is 13.1. The highest BCUT2D eigenvalue weighted by atomic mass is 16.6. The number of methoxy groups -OCH3 is 1. The summed E-state index contributed by atoms with van der Waals surface area (Å²) < 4.78 is 16.0. The molecule has 3 aromatic carbocycles. The molecule has 0 fully saturated rings.